The van der Waals surface area contributed by atoms with Crippen molar-refractivity contribution in [2.24, 2.45) is 5.92 Å². The highest BCUT2D eigenvalue weighted by atomic mass is 19.1. The van der Waals surface area contributed by atoms with Crippen LogP contribution >= 0.6 is 0 Å². The van der Waals surface area contributed by atoms with Crippen molar-refractivity contribution in [3.63, 3.8) is 0 Å². The summed E-state index contributed by atoms with van der Waals surface area (Å²) >= 11 is 0. The van der Waals surface area contributed by atoms with Crippen molar-refractivity contribution in [1.82, 2.24) is 14.9 Å². The number of rotatable bonds is 6. The van der Waals surface area contributed by atoms with E-state index in [2.05, 4.69) is 10.3 Å². The largest absolute Gasteiger partial charge is 0.350 e. The first-order valence-electron chi connectivity index (χ1n) is 10.2. The zero-order chi connectivity index (χ0) is 22.9. The number of hydrogen-bond donors (Lipinski definition) is 1. The lowest BCUT2D eigenvalue weighted by Gasteiger charge is -2.28. The third kappa shape index (κ3) is 4.90. The quantitative estimate of drug-likeness (QED) is 0.430. The number of para-hydroxylation sites is 2. The second-order valence-electron chi connectivity index (χ2n) is 9.10. The molecule has 0 aliphatic heterocycles. The molecule has 0 spiro atoms. The molecule has 0 aliphatic rings. The first-order chi connectivity index (χ1) is 14.5. The van der Waals surface area contributed by atoms with Crippen LogP contribution in [0, 0.1) is 21.8 Å². The van der Waals surface area contributed by atoms with Gasteiger partial charge in [-0.3, -0.25) is 14.9 Å². The number of carbonyl (C=O) groups excluding carboxylic acids is 1. The summed E-state index contributed by atoms with van der Waals surface area (Å²) in [5.41, 5.74) is 0.538. The lowest BCUT2D eigenvalue weighted by Crippen LogP contribution is -2.44. The Kier molecular flexibility index (Phi) is 6.10. The highest BCUT2D eigenvalue weighted by Crippen LogP contribution is 2.34. The van der Waals surface area contributed by atoms with Gasteiger partial charge in [-0.1, -0.05) is 26.0 Å². The highest BCUT2D eigenvalue weighted by molar-refractivity contribution is 5.87. The normalized spacial score (nSPS) is 12.9. The number of non-ortho nitro benzene ring substituents is 1. The molecule has 164 valence electrons. The number of aromatic nitrogens is 2. The molecule has 31 heavy (non-hydrogen) atoms. The van der Waals surface area contributed by atoms with Crippen LogP contribution in [0.25, 0.3) is 22.4 Å². The lowest BCUT2D eigenvalue weighted by molar-refractivity contribution is -0.384. The number of nitrogens with one attached hydrogen (secondary N) is 1. The Morgan fingerprint density at radius 1 is 1.23 bits per heavy atom. The Bertz CT molecular complexity index is 1130. The van der Waals surface area contributed by atoms with Gasteiger partial charge in [-0.25, -0.2) is 9.37 Å². The zero-order valence-corrected chi connectivity index (χ0v) is 18.3. The van der Waals surface area contributed by atoms with Crippen LogP contribution in [0.3, 0.4) is 0 Å². The van der Waals surface area contributed by atoms with Gasteiger partial charge in [-0.15, -0.1) is 0 Å². The summed E-state index contributed by atoms with van der Waals surface area (Å²) in [6.07, 6.45) is 0.492. The van der Waals surface area contributed by atoms with E-state index < -0.39 is 22.3 Å². The topological polar surface area (TPSA) is 90.1 Å². The molecule has 0 saturated carbocycles. The number of nitrogens with zero attached hydrogens (tertiary/aromatic N) is 3. The van der Waals surface area contributed by atoms with Crippen LogP contribution in [0.5, 0.6) is 0 Å². The number of fused-ring (bicyclic) bond motifs is 1. The molecular weight excluding hydrogens is 399 g/mol. The monoisotopic (exact) mass is 426 g/mol. The van der Waals surface area contributed by atoms with E-state index in [1.54, 1.807) is 16.7 Å². The number of halogens is 1. The fourth-order valence-electron chi connectivity index (χ4n) is 3.58. The van der Waals surface area contributed by atoms with Crippen molar-refractivity contribution < 1.29 is 14.1 Å². The van der Waals surface area contributed by atoms with Gasteiger partial charge in [0.1, 0.15) is 17.7 Å². The van der Waals surface area contributed by atoms with Crippen LogP contribution in [0.2, 0.25) is 0 Å². The maximum absolute atomic E-state index is 14.8. The number of benzene rings is 2. The predicted molar refractivity (Wildman–Crippen MR) is 118 cm³/mol. The number of carbonyl (C=O) groups is 1. The van der Waals surface area contributed by atoms with Gasteiger partial charge in [0.25, 0.3) is 5.69 Å². The van der Waals surface area contributed by atoms with E-state index in [0.717, 1.165) is 12.1 Å². The van der Waals surface area contributed by atoms with Gasteiger partial charge in [0, 0.05) is 17.7 Å². The van der Waals surface area contributed by atoms with E-state index in [4.69, 9.17) is 0 Å². The smallest absolute Gasteiger partial charge is 0.270 e. The van der Waals surface area contributed by atoms with Crippen molar-refractivity contribution >= 4 is 22.6 Å². The lowest BCUT2D eigenvalue weighted by atomic mass is 10.00. The minimum atomic E-state index is -0.666. The van der Waals surface area contributed by atoms with E-state index in [1.807, 2.05) is 46.8 Å². The molecule has 2 aromatic carbocycles. The van der Waals surface area contributed by atoms with Crippen LogP contribution in [0.1, 0.15) is 47.1 Å². The molecule has 7 nitrogen and oxygen atoms in total. The molecule has 1 atom stereocenters. The second-order valence-corrected chi connectivity index (χ2v) is 9.10. The van der Waals surface area contributed by atoms with E-state index >= 15 is 0 Å². The van der Waals surface area contributed by atoms with Crippen LogP contribution in [-0.4, -0.2) is 25.9 Å². The Labute approximate surface area is 180 Å². The van der Waals surface area contributed by atoms with Crippen LogP contribution in [-0.2, 0) is 4.79 Å². The standard InChI is InChI=1S/C23H27FN4O3/c1-14(2)12-20(22(29)26-23(3,4)5)27-19-9-7-6-8-18(19)25-21(27)16-13-15(28(30)31)10-11-17(16)24/h6-11,13-14,20H,12H2,1-5H3,(H,26,29). The summed E-state index contributed by atoms with van der Waals surface area (Å²) in [4.78, 5) is 28.6. The van der Waals surface area contributed by atoms with E-state index in [0.29, 0.717) is 17.5 Å². The molecule has 1 heterocycles. The van der Waals surface area contributed by atoms with Gasteiger partial charge in [-0.2, -0.15) is 0 Å². The Hall–Kier alpha value is -3.29. The van der Waals surface area contributed by atoms with E-state index in [-0.39, 0.29) is 28.9 Å². The summed E-state index contributed by atoms with van der Waals surface area (Å²) < 4.78 is 16.6. The zero-order valence-electron chi connectivity index (χ0n) is 18.3. The van der Waals surface area contributed by atoms with Gasteiger partial charge < -0.3 is 9.88 Å². The van der Waals surface area contributed by atoms with Crippen molar-refractivity contribution in [1.29, 1.82) is 0 Å². The number of hydrogen-bond acceptors (Lipinski definition) is 4. The molecule has 1 amide bonds. The van der Waals surface area contributed by atoms with Crippen molar-refractivity contribution in [2.75, 3.05) is 0 Å². The summed E-state index contributed by atoms with van der Waals surface area (Å²) in [7, 11) is 0. The Balaban J connectivity index is 2.29. The van der Waals surface area contributed by atoms with Crippen LogP contribution in [0.15, 0.2) is 42.5 Å². The molecule has 0 radical (unpaired) electrons. The first-order valence-corrected chi connectivity index (χ1v) is 10.2. The SMILES string of the molecule is CC(C)CC(C(=O)NC(C)(C)C)n1c(-c2cc([N+](=O)[O-])ccc2F)nc2ccccc21. The van der Waals surface area contributed by atoms with E-state index in [1.165, 1.54) is 6.07 Å². The molecule has 3 rings (SSSR count). The van der Waals surface area contributed by atoms with Crippen LogP contribution < -0.4 is 5.32 Å². The fourth-order valence-corrected chi connectivity index (χ4v) is 3.58. The van der Waals surface area contributed by atoms with Crippen LogP contribution in [0.4, 0.5) is 10.1 Å². The third-order valence-corrected chi connectivity index (χ3v) is 4.80. The average molecular weight is 426 g/mol. The summed E-state index contributed by atoms with van der Waals surface area (Å²) in [5.74, 6) is -0.491. The average Bonchev–Trinajstić information content (AvgIpc) is 3.03. The first kappa shape index (κ1) is 22.4. The summed E-state index contributed by atoms with van der Waals surface area (Å²) in [6, 6.07) is 9.90. The minimum absolute atomic E-state index is 0.0114. The molecular formula is C23H27FN4O3. The number of imidazole rings is 1. The summed E-state index contributed by atoms with van der Waals surface area (Å²) in [6.45, 7) is 9.69. The van der Waals surface area contributed by atoms with Crippen molar-refractivity contribution in [3.05, 3.63) is 58.4 Å². The summed E-state index contributed by atoms with van der Waals surface area (Å²) in [5, 5.41) is 14.3. The van der Waals surface area contributed by atoms with Gasteiger partial charge >= 0.3 is 0 Å². The maximum Gasteiger partial charge on any atom is 0.270 e. The molecule has 3 aromatic rings. The molecule has 0 saturated heterocycles. The molecule has 0 fully saturated rings. The van der Waals surface area contributed by atoms with Crippen molar-refractivity contribution in [2.45, 2.75) is 52.6 Å². The Morgan fingerprint density at radius 3 is 2.52 bits per heavy atom. The van der Waals surface area contributed by atoms with Gasteiger partial charge in [0.15, 0.2) is 0 Å². The predicted octanol–water partition coefficient (Wildman–Crippen LogP) is 5.25. The molecule has 8 heteroatoms. The Morgan fingerprint density at radius 2 is 1.90 bits per heavy atom. The number of nitro benzene ring substituents is 1. The number of amides is 1. The van der Waals surface area contributed by atoms with Crippen molar-refractivity contribution in [3.8, 4) is 11.4 Å². The van der Waals surface area contributed by atoms with Gasteiger partial charge in [0.2, 0.25) is 5.91 Å². The molecule has 1 unspecified atom stereocenters. The third-order valence-electron chi connectivity index (χ3n) is 4.80. The fraction of sp³-hybridized carbons (Fsp3) is 0.391. The molecule has 1 aromatic heterocycles. The van der Waals surface area contributed by atoms with Gasteiger partial charge in [0.05, 0.1) is 21.5 Å². The molecule has 1 N–H and O–H groups in total. The minimum Gasteiger partial charge on any atom is -0.350 e. The maximum atomic E-state index is 14.8. The highest BCUT2D eigenvalue weighted by Gasteiger charge is 2.30. The second kappa shape index (κ2) is 8.45. The molecule has 0 bridgehead atoms. The molecule has 0 aliphatic carbocycles. The number of nitro groups is 1. The van der Waals surface area contributed by atoms with E-state index in [9.17, 15) is 19.3 Å². The van der Waals surface area contributed by atoms with Gasteiger partial charge in [-0.05, 0) is 51.3 Å².